The van der Waals surface area contributed by atoms with Gasteiger partial charge in [-0.05, 0) is 56.0 Å². The third-order valence-corrected chi connectivity index (χ3v) is 4.00. The van der Waals surface area contributed by atoms with Gasteiger partial charge >= 0.3 is 0 Å². The number of nitrogens with zero attached hydrogens (tertiary/aromatic N) is 1. The lowest BCUT2D eigenvalue weighted by molar-refractivity contribution is 0.748. The number of nitrogens with two attached hydrogens (primary N) is 1. The van der Waals surface area contributed by atoms with E-state index in [0.717, 1.165) is 25.8 Å². The van der Waals surface area contributed by atoms with Crippen molar-refractivity contribution in [2.45, 2.75) is 26.2 Å². The number of hydrogen-bond acceptors (Lipinski definition) is 2. The maximum absolute atomic E-state index is 5.64. The molecule has 108 valence electrons. The number of H-pyrrole nitrogens is 1. The number of aryl methyl sites for hydroxylation is 2. The zero-order valence-electron chi connectivity index (χ0n) is 12.4. The van der Waals surface area contributed by atoms with Crippen LogP contribution in [0.4, 0.5) is 0 Å². The van der Waals surface area contributed by atoms with E-state index in [4.69, 9.17) is 5.73 Å². The van der Waals surface area contributed by atoms with Crippen molar-refractivity contribution < 1.29 is 0 Å². The molecular formula is C18H21N3. The summed E-state index contributed by atoms with van der Waals surface area (Å²) in [6, 6.07) is 10.6. The highest BCUT2D eigenvalue weighted by Crippen LogP contribution is 2.32. The average molecular weight is 279 g/mol. The van der Waals surface area contributed by atoms with Crippen molar-refractivity contribution in [1.82, 2.24) is 9.97 Å². The molecule has 3 rings (SSSR count). The van der Waals surface area contributed by atoms with Crippen molar-refractivity contribution in [3.05, 3.63) is 53.9 Å². The van der Waals surface area contributed by atoms with Crippen molar-refractivity contribution in [3.8, 4) is 11.3 Å². The lowest BCUT2D eigenvalue weighted by atomic mass is 10.00. The Bertz CT molecular complexity index is 729. The number of para-hydroxylation sites is 1. The van der Waals surface area contributed by atoms with Crippen LogP contribution in [0, 0.1) is 6.92 Å². The molecule has 21 heavy (non-hydrogen) atoms. The second kappa shape index (κ2) is 6.10. The van der Waals surface area contributed by atoms with E-state index in [0.29, 0.717) is 0 Å². The minimum absolute atomic E-state index is 0.756. The SMILES string of the molecule is Cc1cccc2c(CCCCN)c(-c3ccncc3)[nH]c12. The second-order valence-electron chi connectivity index (χ2n) is 5.46. The Morgan fingerprint density at radius 3 is 2.67 bits per heavy atom. The van der Waals surface area contributed by atoms with Gasteiger partial charge in [0.1, 0.15) is 0 Å². The van der Waals surface area contributed by atoms with Gasteiger partial charge in [-0.2, -0.15) is 0 Å². The molecule has 0 bridgehead atoms. The molecule has 0 aliphatic rings. The molecule has 0 amide bonds. The molecule has 3 nitrogen and oxygen atoms in total. The number of rotatable bonds is 5. The maximum atomic E-state index is 5.64. The van der Waals surface area contributed by atoms with Gasteiger partial charge in [0.15, 0.2) is 0 Å². The van der Waals surface area contributed by atoms with E-state index in [-0.39, 0.29) is 0 Å². The number of nitrogens with one attached hydrogen (secondary N) is 1. The molecule has 0 fully saturated rings. The van der Waals surface area contributed by atoms with E-state index in [1.165, 1.54) is 33.3 Å². The number of aromatic nitrogens is 2. The number of fused-ring (bicyclic) bond motifs is 1. The van der Waals surface area contributed by atoms with Crippen LogP contribution in [0.1, 0.15) is 24.0 Å². The molecule has 3 heteroatoms. The highest BCUT2D eigenvalue weighted by Gasteiger charge is 2.13. The highest BCUT2D eigenvalue weighted by molar-refractivity contribution is 5.92. The van der Waals surface area contributed by atoms with E-state index in [9.17, 15) is 0 Å². The van der Waals surface area contributed by atoms with E-state index in [1.54, 1.807) is 0 Å². The second-order valence-corrected chi connectivity index (χ2v) is 5.46. The fraction of sp³-hybridized carbons (Fsp3) is 0.278. The summed E-state index contributed by atoms with van der Waals surface area (Å²) in [6.45, 7) is 2.91. The Morgan fingerprint density at radius 1 is 1.10 bits per heavy atom. The van der Waals surface area contributed by atoms with Gasteiger partial charge in [-0.15, -0.1) is 0 Å². The average Bonchev–Trinajstić information content (AvgIpc) is 2.89. The fourth-order valence-corrected chi connectivity index (χ4v) is 2.89. The fourth-order valence-electron chi connectivity index (χ4n) is 2.89. The largest absolute Gasteiger partial charge is 0.354 e. The van der Waals surface area contributed by atoms with Crippen LogP contribution in [0.25, 0.3) is 22.2 Å². The normalized spacial score (nSPS) is 11.1. The van der Waals surface area contributed by atoms with Gasteiger partial charge in [0, 0.05) is 34.6 Å². The zero-order chi connectivity index (χ0) is 14.7. The Kier molecular flexibility index (Phi) is 4.02. The molecule has 0 aliphatic carbocycles. The number of hydrogen-bond donors (Lipinski definition) is 2. The van der Waals surface area contributed by atoms with Crippen LogP contribution < -0.4 is 5.73 Å². The van der Waals surface area contributed by atoms with Gasteiger partial charge in [-0.1, -0.05) is 18.2 Å². The lowest BCUT2D eigenvalue weighted by Gasteiger charge is -2.05. The summed E-state index contributed by atoms with van der Waals surface area (Å²) in [5, 5.41) is 1.33. The minimum atomic E-state index is 0.756. The molecular weight excluding hydrogens is 258 g/mol. The van der Waals surface area contributed by atoms with Crippen LogP contribution in [-0.4, -0.2) is 16.5 Å². The molecule has 3 aromatic rings. The van der Waals surface area contributed by atoms with Gasteiger partial charge in [0.25, 0.3) is 0 Å². The third-order valence-electron chi connectivity index (χ3n) is 4.00. The first-order valence-electron chi connectivity index (χ1n) is 7.52. The Labute approximate surface area is 125 Å². The quantitative estimate of drug-likeness (QED) is 0.698. The topological polar surface area (TPSA) is 54.7 Å². The molecule has 2 heterocycles. The van der Waals surface area contributed by atoms with Gasteiger partial charge in [0.05, 0.1) is 0 Å². The highest BCUT2D eigenvalue weighted by atomic mass is 14.7. The summed E-state index contributed by atoms with van der Waals surface area (Å²) < 4.78 is 0. The van der Waals surface area contributed by atoms with Gasteiger partial charge in [-0.25, -0.2) is 0 Å². The molecule has 0 unspecified atom stereocenters. The van der Waals surface area contributed by atoms with Crippen LogP contribution in [0.15, 0.2) is 42.7 Å². The van der Waals surface area contributed by atoms with Crippen molar-refractivity contribution >= 4 is 10.9 Å². The summed E-state index contributed by atoms with van der Waals surface area (Å²) in [5.41, 5.74) is 12.0. The number of aromatic amines is 1. The summed E-state index contributed by atoms with van der Waals surface area (Å²) in [5.74, 6) is 0. The summed E-state index contributed by atoms with van der Waals surface area (Å²) in [7, 11) is 0. The molecule has 0 saturated heterocycles. The molecule has 0 spiro atoms. The third kappa shape index (κ3) is 2.69. The smallest absolute Gasteiger partial charge is 0.0498 e. The Balaban J connectivity index is 2.13. The lowest BCUT2D eigenvalue weighted by Crippen LogP contribution is -1.99. The number of pyridine rings is 1. The Morgan fingerprint density at radius 2 is 1.90 bits per heavy atom. The van der Waals surface area contributed by atoms with E-state index in [1.807, 2.05) is 12.4 Å². The van der Waals surface area contributed by atoms with Gasteiger partial charge in [0.2, 0.25) is 0 Å². The monoisotopic (exact) mass is 279 g/mol. The number of unbranched alkanes of at least 4 members (excludes halogenated alkanes) is 1. The van der Waals surface area contributed by atoms with Crippen LogP contribution in [-0.2, 0) is 6.42 Å². The van der Waals surface area contributed by atoms with Crippen LogP contribution >= 0.6 is 0 Å². The molecule has 0 atom stereocenters. The molecule has 0 saturated carbocycles. The van der Waals surface area contributed by atoms with Crippen molar-refractivity contribution in [2.75, 3.05) is 6.54 Å². The van der Waals surface area contributed by atoms with Crippen molar-refractivity contribution in [3.63, 3.8) is 0 Å². The molecule has 0 radical (unpaired) electrons. The van der Waals surface area contributed by atoms with E-state index >= 15 is 0 Å². The van der Waals surface area contributed by atoms with Crippen LogP contribution in [0.2, 0.25) is 0 Å². The maximum Gasteiger partial charge on any atom is 0.0498 e. The summed E-state index contributed by atoms with van der Waals surface area (Å²) in [4.78, 5) is 7.73. The molecule has 0 aliphatic heterocycles. The van der Waals surface area contributed by atoms with Crippen LogP contribution in [0.5, 0.6) is 0 Å². The standard InChI is InChI=1S/C18H21N3/c1-13-5-4-7-15-16(6-2-3-10-19)18(21-17(13)15)14-8-11-20-12-9-14/h4-5,7-9,11-12,21H,2-3,6,10,19H2,1H3. The molecule has 1 aromatic carbocycles. The predicted octanol–water partition coefficient (Wildman–Crippen LogP) is 3.82. The van der Waals surface area contributed by atoms with Crippen LogP contribution in [0.3, 0.4) is 0 Å². The summed E-state index contributed by atoms with van der Waals surface area (Å²) in [6.07, 6.45) is 6.93. The Hall–Kier alpha value is -2.13. The molecule has 3 N–H and O–H groups in total. The zero-order valence-corrected chi connectivity index (χ0v) is 12.4. The van der Waals surface area contributed by atoms with Crippen molar-refractivity contribution in [2.24, 2.45) is 5.73 Å². The first kappa shape index (κ1) is 13.8. The first-order valence-corrected chi connectivity index (χ1v) is 7.52. The van der Waals surface area contributed by atoms with Gasteiger partial charge in [-0.3, -0.25) is 4.98 Å². The summed E-state index contributed by atoms with van der Waals surface area (Å²) >= 11 is 0. The minimum Gasteiger partial charge on any atom is -0.354 e. The van der Waals surface area contributed by atoms with E-state index < -0.39 is 0 Å². The van der Waals surface area contributed by atoms with Crippen molar-refractivity contribution in [1.29, 1.82) is 0 Å². The number of benzene rings is 1. The van der Waals surface area contributed by atoms with Gasteiger partial charge < -0.3 is 10.7 Å². The van der Waals surface area contributed by atoms with E-state index in [2.05, 4.69) is 47.2 Å². The molecule has 2 aromatic heterocycles. The predicted molar refractivity (Wildman–Crippen MR) is 88.3 cm³/mol. The first-order chi connectivity index (χ1) is 10.3.